The fraction of sp³-hybridized carbons (Fsp3) is 0.423. The standard InChI is InChI=1S/C26H28BrF2NO3/c1-32-26(31)18-6-8-21-17(14-18)4-2-5-23(27)25(21)22-15-19(7-9-24(22)29)33-20-10-13-30(16-20)12-3-11-28/h6-9,14-15,20H,2-5,10-13,16H2,1H3/t20-/m1/s1. The van der Waals surface area contributed by atoms with Crippen molar-refractivity contribution >= 4 is 27.5 Å². The molecule has 4 rings (SSSR count). The van der Waals surface area contributed by atoms with Gasteiger partial charge < -0.3 is 9.47 Å². The number of halogens is 3. The van der Waals surface area contributed by atoms with Crippen molar-refractivity contribution in [3.63, 3.8) is 0 Å². The Morgan fingerprint density at radius 2 is 2.03 bits per heavy atom. The predicted molar refractivity (Wildman–Crippen MR) is 128 cm³/mol. The molecule has 33 heavy (non-hydrogen) atoms. The molecule has 4 nitrogen and oxygen atoms in total. The van der Waals surface area contributed by atoms with Crippen LogP contribution >= 0.6 is 15.9 Å². The molecule has 1 fully saturated rings. The summed E-state index contributed by atoms with van der Waals surface area (Å²) in [4.78, 5) is 14.2. The zero-order valence-corrected chi connectivity index (χ0v) is 20.3. The minimum atomic E-state index is -0.384. The number of likely N-dealkylation sites (tertiary alicyclic amines) is 1. The Morgan fingerprint density at radius 1 is 1.18 bits per heavy atom. The SMILES string of the molecule is COC(=O)c1ccc2c(c1)CCCC(Br)=C2c1cc(O[C@@H]2CCN(CCCF)C2)ccc1F. The highest BCUT2D eigenvalue weighted by Crippen LogP contribution is 2.40. The molecule has 0 amide bonds. The molecule has 0 aromatic heterocycles. The molecule has 1 aliphatic carbocycles. The van der Waals surface area contributed by atoms with E-state index in [-0.39, 0.29) is 24.6 Å². The summed E-state index contributed by atoms with van der Waals surface area (Å²) in [5.41, 5.74) is 3.65. The molecule has 0 unspecified atom stereocenters. The molecule has 2 aromatic rings. The number of aryl methyl sites for hydroxylation is 1. The molecular weight excluding hydrogens is 492 g/mol. The van der Waals surface area contributed by atoms with E-state index >= 15 is 4.39 Å². The van der Waals surface area contributed by atoms with E-state index in [1.807, 2.05) is 12.1 Å². The maximum Gasteiger partial charge on any atom is 0.337 e. The van der Waals surface area contributed by atoms with Gasteiger partial charge in [-0.25, -0.2) is 9.18 Å². The second-order valence-electron chi connectivity index (χ2n) is 8.51. The number of methoxy groups -OCH3 is 1. The minimum Gasteiger partial charge on any atom is -0.489 e. The third kappa shape index (κ3) is 5.46. The van der Waals surface area contributed by atoms with Gasteiger partial charge in [-0.05, 0) is 73.6 Å². The quantitative estimate of drug-likeness (QED) is 0.426. The number of hydrogen-bond donors (Lipinski definition) is 0. The summed E-state index contributed by atoms with van der Waals surface area (Å²) in [5, 5.41) is 0. The molecule has 0 spiro atoms. The average molecular weight is 520 g/mol. The van der Waals surface area contributed by atoms with E-state index in [9.17, 15) is 9.18 Å². The molecule has 2 aliphatic rings. The van der Waals surface area contributed by atoms with E-state index in [0.717, 1.165) is 66.5 Å². The normalized spacial score (nSPS) is 18.7. The van der Waals surface area contributed by atoms with Crippen LogP contribution in [0.1, 0.15) is 52.7 Å². The fourth-order valence-electron chi connectivity index (χ4n) is 4.63. The number of rotatable bonds is 7. The van der Waals surface area contributed by atoms with E-state index in [1.54, 1.807) is 18.2 Å². The van der Waals surface area contributed by atoms with Gasteiger partial charge >= 0.3 is 5.97 Å². The van der Waals surface area contributed by atoms with Gasteiger partial charge in [0.2, 0.25) is 0 Å². The number of allylic oxidation sites excluding steroid dienone is 1. The summed E-state index contributed by atoms with van der Waals surface area (Å²) in [6, 6.07) is 10.3. The van der Waals surface area contributed by atoms with Gasteiger partial charge in [0.05, 0.1) is 19.3 Å². The lowest BCUT2D eigenvalue weighted by atomic mass is 9.92. The van der Waals surface area contributed by atoms with Gasteiger partial charge in [-0.2, -0.15) is 0 Å². The van der Waals surface area contributed by atoms with E-state index in [4.69, 9.17) is 9.47 Å². The van der Waals surface area contributed by atoms with Gasteiger partial charge in [0.15, 0.2) is 0 Å². The first-order valence-corrected chi connectivity index (χ1v) is 12.1. The number of carbonyl (C=O) groups is 1. The number of nitrogens with zero attached hydrogens (tertiary/aromatic N) is 1. The molecule has 176 valence electrons. The Morgan fingerprint density at radius 3 is 2.82 bits per heavy atom. The van der Waals surface area contributed by atoms with E-state index in [0.29, 0.717) is 23.3 Å². The molecular formula is C26H28BrF2NO3. The van der Waals surface area contributed by atoms with Crippen molar-refractivity contribution in [3.05, 3.63) is 69.0 Å². The van der Waals surface area contributed by atoms with Crippen LogP contribution in [0.4, 0.5) is 8.78 Å². The lowest BCUT2D eigenvalue weighted by Gasteiger charge is -2.18. The van der Waals surface area contributed by atoms with Gasteiger partial charge in [-0.15, -0.1) is 0 Å². The topological polar surface area (TPSA) is 38.8 Å². The number of hydrogen-bond acceptors (Lipinski definition) is 4. The number of carbonyl (C=O) groups excluding carboxylic acids is 1. The molecule has 0 saturated carbocycles. The molecule has 0 bridgehead atoms. The van der Waals surface area contributed by atoms with Crippen molar-refractivity contribution in [3.8, 4) is 5.75 Å². The first-order chi connectivity index (χ1) is 16.0. The predicted octanol–water partition coefficient (Wildman–Crippen LogP) is 5.92. The zero-order chi connectivity index (χ0) is 23.4. The van der Waals surface area contributed by atoms with Crippen molar-refractivity contribution in [1.82, 2.24) is 4.90 Å². The van der Waals surface area contributed by atoms with Crippen LogP contribution in [0.5, 0.6) is 5.75 Å². The second kappa shape index (κ2) is 10.8. The zero-order valence-electron chi connectivity index (χ0n) is 18.7. The Labute approximate surface area is 201 Å². The summed E-state index contributed by atoms with van der Waals surface area (Å²) in [7, 11) is 1.36. The van der Waals surface area contributed by atoms with Crippen LogP contribution in [-0.2, 0) is 11.2 Å². The van der Waals surface area contributed by atoms with Crippen molar-refractivity contribution in [2.75, 3.05) is 33.4 Å². The number of alkyl halides is 1. The Bertz CT molecular complexity index is 1060. The summed E-state index contributed by atoms with van der Waals surface area (Å²) < 4.78 is 39.6. The van der Waals surface area contributed by atoms with Crippen LogP contribution in [0, 0.1) is 5.82 Å². The third-order valence-electron chi connectivity index (χ3n) is 6.26. The lowest BCUT2D eigenvalue weighted by Crippen LogP contribution is -2.26. The van der Waals surface area contributed by atoms with Gasteiger partial charge in [0.25, 0.3) is 0 Å². The molecule has 0 radical (unpaired) electrons. The Balaban J connectivity index is 1.63. The molecule has 1 atom stereocenters. The monoisotopic (exact) mass is 519 g/mol. The van der Waals surface area contributed by atoms with E-state index in [2.05, 4.69) is 20.8 Å². The molecule has 1 heterocycles. The van der Waals surface area contributed by atoms with Gasteiger partial charge in [-0.3, -0.25) is 9.29 Å². The van der Waals surface area contributed by atoms with E-state index < -0.39 is 0 Å². The number of benzene rings is 2. The molecule has 2 aromatic carbocycles. The maximum absolute atomic E-state index is 15.1. The van der Waals surface area contributed by atoms with Gasteiger partial charge in [0, 0.05) is 35.3 Å². The number of fused-ring (bicyclic) bond motifs is 1. The van der Waals surface area contributed by atoms with Gasteiger partial charge in [-0.1, -0.05) is 22.0 Å². The highest BCUT2D eigenvalue weighted by molar-refractivity contribution is 9.11. The van der Waals surface area contributed by atoms with E-state index in [1.165, 1.54) is 13.2 Å². The summed E-state index contributed by atoms with van der Waals surface area (Å²) in [6.07, 6.45) is 3.85. The highest BCUT2D eigenvalue weighted by Gasteiger charge is 2.25. The van der Waals surface area contributed by atoms with Crippen LogP contribution in [0.25, 0.3) is 5.57 Å². The third-order valence-corrected chi connectivity index (χ3v) is 7.05. The molecule has 1 saturated heterocycles. The van der Waals surface area contributed by atoms with Crippen molar-refractivity contribution in [1.29, 1.82) is 0 Å². The number of ether oxygens (including phenoxy) is 2. The van der Waals surface area contributed by atoms with Crippen molar-refractivity contribution in [2.45, 2.75) is 38.2 Å². The maximum atomic E-state index is 15.1. The Kier molecular flexibility index (Phi) is 7.81. The Hall–Kier alpha value is -2.25. The summed E-state index contributed by atoms with van der Waals surface area (Å²) in [5.74, 6) is -0.0888. The fourth-order valence-corrected chi connectivity index (χ4v) is 5.33. The first kappa shape index (κ1) is 23.9. The summed E-state index contributed by atoms with van der Waals surface area (Å²) in [6.45, 7) is 2.05. The van der Waals surface area contributed by atoms with Crippen molar-refractivity contribution < 1.29 is 23.0 Å². The minimum absolute atomic E-state index is 0.00405. The molecule has 7 heteroatoms. The van der Waals surface area contributed by atoms with Crippen LogP contribution in [0.2, 0.25) is 0 Å². The lowest BCUT2D eigenvalue weighted by molar-refractivity contribution is 0.0600. The van der Waals surface area contributed by atoms with Crippen LogP contribution in [0.15, 0.2) is 40.9 Å². The average Bonchev–Trinajstić information content (AvgIpc) is 3.19. The highest BCUT2D eigenvalue weighted by atomic mass is 79.9. The van der Waals surface area contributed by atoms with Crippen LogP contribution in [-0.4, -0.2) is 50.4 Å². The van der Waals surface area contributed by atoms with Gasteiger partial charge in [0.1, 0.15) is 17.7 Å². The van der Waals surface area contributed by atoms with Crippen LogP contribution in [0.3, 0.4) is 0 Å². The molecule has 0 N–H and O–H groups in total. The molecule has 1 aliphatic heterocycles. The van der Waals surface area contributed by atoms with Crippen molar-refractivity contribution in [2.24, 2.45) is 0 Å². The summed E-state index contributed by atoms with van der Waals surface area (Å²) >= 11 is 3.69. The first-order valence-electron chi connectivity index (χ1n) is 11.3. The largest absolute Gasteiger partial charge is 0.489 e. The number of esters is 1. The van der Waals surface area contributed by atoms with Crippen LogP contribution < -0.4 is 4.74 Å². The second-order valence-corrected chi connectivity index (χ2v) is 9.47. The smallest absolute Gasteiger partial charge is 0.337 e.